The number of alkyl halides is 2. The Morgan fingerprint density at radius 1 is 1.42 bits per heavy atom. The van der Waals surface area contributed by atoms with Crippen molar-refractivity contribution in [3.63, 3.8) is 0 Å². The van der Waals surface area contributed by atoms with Crippen LogP contribution in [0, 0.1) is 16.7 Å². The second-order valence-electron chi connectivity index (χ2n) is 4.95. The van der Waals surface area contributed by atoms with Gasteiger partial charge in [0, 0.05) is 16.7 Å². The fourth-order valence-corrected chi connectivity index (χ4v) is 4.72. The lowest BCUT2D eigenvalue weighted by atomic mass is 9.70. The van der Waals surface area contributed by atoms with Crippen LogP contribution in [0.2, 0.25) is 0 Å². The highest BCUT2D eigenvalue weighted by molar-refractivity contribution is 6.23. The summed E-state index contributed by atoms with van der Waals surface area (Å²) in [5, 5.41) is 0.323. The Bertz CT molecular complexity index is 200. The van der Waals surface area contributed by atoms with Crippen LogP contribution in [0.1, 0.15) is 33.1 Å². The van der Waals surface area contributed by atoms with E-state index < -0.39 is 0 Å². The van der Waals surface area contributed by atoms with Crippen molar-refractivity contribution in [2.75, 3.05) is 5.88 Å². The topological polar surface area (TPSA) is 0 Å². The monoisotopic (exact) mass is 206 g/mol. The average Bonchev–Trinajstić information content (AvgIpc) is 2.36. The van der Waals surface area contributed by atoms with Crippen LogP contribution in [-0.2, 0) is 0 Å². The van der Waals surface area contributed by atoms with E-state index in [1.807, 2.05) is 0 Å². The predicted octanol–water partition coefficient (Wildman–Crippen LogP) is 3.66. The van der Waals surface area contributed by atoms with Crippen LogP contribution in [0.4, 0.5) is 0 Å². The molecule has 0 radical (unpaired) electrons. The van der Waals surface area contributed by atoms with Gasteiger partial charge < -0.3 is 0 Å². The van der Waals surface area contributed by atoms with Gasteiger partial charge in [0.1, 0.15) is 0 Å². The second-order valence-corrected chi connectivity index (χ2v) is 5.74. The first kappa shape index (κ1) is 9.15. The molecule has 2 bridgehead atoms. The van der Waals surface area contributed by atoms with Gasteiger partial charge in [-0.15, -0.1) is 23.2 Å². The van der Waals surface area contributed by atoms with Crippen molar-refractivity contribution in [1.82, 2.24) is 0 Å². The summed E-state index contributed by atoms with van der Waals surface area (Å²) >= 11 is 12.5. The van der Waals surface area contributed by atoms with Gasteiger partial charge in [-0.1, -0.05) is 13.8 Å². The van der Waals surface area contributed by atoms with Crippen LogP contribution in [0.3, 0.4) is 0 Å². The van der Waals surface area contributed by atoms with Crippen molar-refractivity contribution in [3.8, 4) is 0 Å². The van der Waals surface area contributed by atoms with Crippen molar-refractivity contribution in [3.05, 3.63) is 0 Å². The van der Waals surface area contributed by atoms with E-state index in [2.05, 4.69) is 13.8 Å². The Balaban J connectivity index is 2.39. The summed E-state index contributed by atoms with van der Waals surface area (Å²) < 4.78 is 0. The Morgan fingerprint density at radius 3 is 2.33 bits per heavy atom. The average molecular weight is 207 g/mol. The van der Waals surface area contributed by atoms with Gasteiger partial charge in [0.15, 0.2) is 0 Å². The van der Waals surface area contributed by atoms with E-state index in [0.717, 1.165) is 11.8 Å². The molecule has 0 spiro atoms. The van der Waals surface area contributed by atoms with E-state index in [4.69, 9.17) is 23.2 Å². The summed E-state index contributed by atoms with van der Waals surface area (Å²) in [7, 11) is 0. The van der Waals surface area contributed by atoms with Gasteiger partial charge in [0.2, 0.25) is 0 Å². The highest BCUT2D eigenvalue weighted by Crippen LogP contribution is 2.67. The molecule has 0 heterocycles. The first-order valence-corrected chi connectivity index (χ1v) is 5.72. The third kappa shape index (κ3) is 0.812. The van der Waals surface area contributed by atoms with Gasteiger partial charge in [0.05, 0.1) is 0 Å². The van der Waals surface area contributed by atoms with E-state index in [-0.39, 0.29) is 5.41 Å². The summed E-state index contributed by atoms with van der Waals surface area (Å²) in [6.07, 6.45) is 3.76. The van der Waals surface area contributed by atoms with E-state index in [0.29, 0.717) is 10.8 Å². The lowest BCUT2D eigenvalue weighted by Gasteiger charge is -2.38. The van der Waals surface area contributed by atoms with Crippen molar-refractivity contribution >= 4 is 23.2 Å². The molecule has 3 atom stereocenters. The molecule has 0 unspecified atom stereocenters. The van der Waals surface area contributed by atoms with E-state index in [1.165, 1.54) is 19.3 Å². The Morgan fingerprint density at radius 2 is 2.08 bits per heavy atom. The molecule has 2 saturated carbocycles. The number of fused-ring (bicyclic) bond motifs is 2. The maximum absolute atomic E-state index is 6.37. The summed E-state index contributed by atoms with van der Waals surface area (Å²) in [6.45, 7) is 4.69. The van der Waals surface area contributed by atoms with Crippen molar-refractivity contribution in [2.24, 2.45) is 16.7 Å². The largest absolute Gasteiger partial charge is 0.126 e. The lowest BCUT2D eigenvalue weighted by molar-refractivity contribution is 0.159. The summed E-state index contributed by atoms with van der Waals surface area (Å²) in [4.78, 5) is 0. The SMILES string of the molecule is CC1(C)[C@@H]2CC[C@@]1(CCl)[C@@H](Cl)C2. The molecule has 0 aromatic heterocycles. The molecule has 0 N–H and O–H groups in total. The third-order valence-corrected chi connectivity index (χ3v) is 5.65. The van der Waals surface area contributed by atoms with Crippen LogP contribution in [0.5, 0.6) is 0 Å². The van der Waals surface area contributed by atoms with Gasteiger partial charge in [-0.25, -0.2) is 0 Å². The molecule has 2 aliphatic rings. The second kappa shape index (κ2) is 2.54. The zero-order valence-corrected chi connectivity index (χ0v) is 9.25. The number of hydrogen-bond acceptors (Lipinski definition) is 0. The van der Waals surface area contributed by atoms with E-state index >= 15 is 0 Å². The van der Waals surface area contributed by atoms with Gasteiger partial charge in [-0.05, 0) is 30.6 Å². The number of hydrogen-bond donors (Lipinski definition) is 0. The molecule has 70 valence electrons. The minimum atomic E-state index is 0.237. The standard InChI is InChI=1S/C10H16Cl2/c1-9(2)7-3-4-10(9,6-11)8(12)5-7/h7-8H,3-6H2,1-2H3/t7-,8+,10-/m1/s1. The summed E-state index contributed by atoms with van der Waals surface area (Å²) in [5.41, 5.74) is 0.613. The van der Waals surface area contributed by atoms with Crippen molar-refractivity contribution < 1.29 is 0 Å². The maximum Gasteiger partial charge on any atom is 0.0411 e. The summed E-state index contributed by atoms with van der Waals surface area (Å²) in [5.74, 6) is 1.56. The predicted molar refractivity (Wildman–Crippen MR) is 53.9 cm³/mol. The minimum absolute atomic E-state index is 0.237. The van der Waals surface area contributed by atoms with Gasteiger partial charge in [0.25, 0.3) is 0 Å². The molecule has 0 aliphatic heterocycles. The van der Waals surface area contributed by atoms with Crippen LogP contribution < -0.4 is 0 Å². The molecule has 0 nitrogen and oxygen atoms in total. The Labute approximate surface area is 84.6 Å². The van der Waals surface area contributed by atoms with Crippen molar-refractivity contribution in [2.45, 2.75) is 38.5 Å². The molecule has 12 heavy (non-hydrogen) atoms. The zero-order valence-electron chi connectivity index (χ0n) is 7.74. The third-order valence-electron chi connectivity index (χ3n) is 4.57. The van der Waals surface area contributed by atoms with Gasteiger partial charge >= 0.3 is 0 Å². The van der Waals surface area contributed by atoms with E-state index in [9.17, 15) is 0 Å². The van der Waals surface area contributed by atoms with Crippen molar-refractivity contribution in [1.29, 1.82) is 0 Å². The normalized spacial score (nSPS) is 50.0. The van der Waals surface area contributed by atoms with Gasteiger partial charge in [-0.3, -0.25) is 0 Å². The molecule has 2 aliphatic carbocycles. The molecule has 2 fully saturated rings. The first-order chi connectivity index (χ1) is 5.54. The van der Waals surface area contributed by atoms with E-state index in [1.54, 1.807) is 0 Å². The lowest BCUT2D eigenvalue weighted by Crippen LogP contribution is -2.37. The quantitative estimate of drug-likeness (QED) is 0.575. The van der Waals surface area contributed by atoms with Gasteiger partial charge in [-0.2, -0.15) is 0 Å². The van der Waals surface area contributed by atoms with Crippen LogP contribution in [-0.4, -0.2) is 11.3 Å². The fraction of sp³-hybridized carbons (Fsp3) is 1.00. The molecule has 0 saturated heterocycles. The molecular weight excluding hydrogens is 191 g/mol. The summed E-state index contributed by atoms with van der Waals surface area (Å²) in [6, 6.07) is 0. The number of halogens is 2. The zero-order chi connectivity index (χ0) is 8.98. The van der Waals surface area contributed by atoms with Crippen LogP contribution >= 0.6 is 23.2 Å². The minimum Gasteiger partial charge on any atom is -0.126 e. The molecule has 2 heteroatoms. The molecular formula is C10H16Cl2. The molecule has 0 aromatic carbocycles. The maximum atomic E-state index is 6.37. The Kier molecular flexibility index (Phi) is 1.94. The Hall–Kier alpha value is 0.580. The molecule has 0 aromatic rings. The van der Waals surface area contributed by atoms with Crippen LogP contribution in [0.15, 0.2) is 0 Å². The molecule has 2 rings (SSSR count). The van der Waals surface area contributed by atoms with Crippen LogP contribution in [0.25, 0.3) is 0 Å². The number of rotatable bonds is 1. The first-order valence-electron chi connectivity index (χ1n) is 4.74. The fourth-order valence-electron chi connectivity index (χ4n) is 3.29. The molecule has 0 amide bonds. The highest BCUT2D eigenvalue weighted by Gasteiger charge is 2.62. The smallest absolute Gasteiger partial charge is 0.0411 e. The highest BCUT2D eigenvalue weighted by atomic mass is 35.5.